The molecule has 0 unspecified atom stereocenters. The number of aliphatic imine (C=N–C) groups is 1. The molecule has 0 atom stereocenters. The van der Waals surface area contributed by atoms with Crippen molar-refractivity contribution in [1.29, 1.82) is 0 Å². The maximum absolute atomic E-state index is 5.60. The zero-order valence-corrected chi connectivity index (χ0v) is 19.8. The van der Waals surface area contributed by atoms with Gasteiger partial charge in [0.05, 0.1) is 0 Å². The van der Waals surface area contributed by atoms with Crippen LogP contribution in [0.4, 0.5) is 11.6 Å². The first-order valence-electron chi connectivity index (χ1n) is 10.8. The molecule has 1 aliphatic rings. The Kier molecular flexibility index (Phi) is 6.46. The van der Waals surface area contributed by atoms with Crippen molar-refractivity contribution in [3.63, 3.8) is 0 Å². The number of fused-ring (bicyclic) bond motifs is 1. The van der Waals surface area contributed by atoms with Gasteiger partial charge in [-0.1, -0.05) is 30.3 Å². The number of hydrogen-bond acceptors (Lipinski definition) is 3. The fourth-order valence-corrected chi connectivity index (χ4v) is 4.01. The molecule has 7 heteroatoms. The molecule has 0 saturated carbocycles. The van der Waals surface area contributed by atoms with Gasteiger partial charge in [0, 0.05) is 30.2 Å². The zero-order chi connectivity index (χ0) is 22.7. The quantitative estimate of drug-likeness (QED) is 0.332. The van der Waals surface area contributed by atoms with Crippen molar-refractivity contribution in [3.8, 4) is 0 Å². The van der Waals surface area contributed by atoms with Crippen LogP contribution in [0.3, 0.4) is 0 Å². The third-order valence-electron chi connectivity index (χ3n) is 5.60. The predicted molar refractivity (Wildman–Crippen MR) is 135 cm³/mol. The van der Waals surface area contributed by atoms with E-state index in [1.165, 1.54) is 22.3 Å². The molecular weight excluding hydrogens is 416 g/mol. The summed E-state index contributed by atoms with van der Waals surface area (Å²) in [6.07, 6.45) is 0.946. The van der Waals surface area contributed by atoms with Gasteiger partial charge in [-0.15, -0.1) is 0 Å². The van der Waals surface area contributed by atoms with Gasteiger partial charge in [-0.05, 0) is 86.8 Å². The number of guanidine groups is 1. The molecule has 2 N–H and O–H groups in total. The summed E-state index contributed by atoms with van der Waals surface area (Å²) in [6, 6.07) is 16.6. The van der Waals surface area contributed by atoms with Crippen LogP contribution in [0.25, 0.3) is 0 Å². The largest absolute Gasteiger partial charge is 0.338 e. The summed E-state index contributed by atoms with van der Waals surface area (Å²) in [5.41, 5.74) is 7.85. The van der Waals surface area contributed by atoms with Crippen molar-refractivity contribution in [2.24, 2.45) is 4.99 Å². The second-order valence-corrected chi connectivity index (χ2v) is 8.59. The van der Waals surface area contributed by atoms with Gasteiger partial charge in [-0.2, -0.15) is 4.99 Å². The van der Waals surface area contributed by atoms with Crippen LogP contribution in [0.15, 0.2) is 53.5 Å². The maximum Gasteiger partial charge on any atom is 0.229 e. The number of nitrogens with one attached hydrogen (secondary N) is 2. The van der Waals surface area contributed by atoms with Crippen LogP contribution in [0, 0.1) is 27.7 Å². The monoisotopic (exact) mass is 444 g/mol. The number of thiocarbonyl (C=S) groups is 1. The summed E-state index contributed by atoms with van der Waals surface area (Å²) in [5.74, 6) is 1.17. The van der Waals surface area contributed by atoms with E-state index in [-0.39, 0.29) is 0 Å². The van der Waals surface area contributed by atoms with E-state index in [0.717, 1.165) is 36.6 Å². The molecule has 0 fully saturated rings. The van der Waals surface area contributed by atoms with Crippen LogP contribution in [-0.4, -0.2) is 32.5 Å². The lowest BCUT2D eigenvalue weighted by atomic mass is 10.0. The van der Waals surface area contributed by atoms with E-state index in [4.69, 9.17) is 17.2 Å². The molecule has 2 heterocycles. The van der Waals surface area contributed by atoms with Crippen LogP contribution in [0.1, 0.15) is 33.6 Å². The molecule has 1 aliphatic heterocycles. The highest BCUT2D eigenvalue weighted by atomic mass is 32.1. The number of hydrogen-bond donors (Lipinski definition) is 2. The van der Waals surface area contributed by atoms with Gasteiger partial charge in [0.15, 0.2) is 0 Å². The molecule has 2 aromatic carbocycles. The Bertz CT molecular complexity index is 1170. The van der Waals surface area contributed by atoms with Crippen molar-refractivity contribution in [1.82, 2.24) is 14.9 Å². The first-order valence-corrected chi connectivity index (χ1v) is 11.2. The summed E-state index contributed by atoms with van der Waals surface area (Å²) in [4.78, 5) is 16.0. The van der Waals surface area contributed by atoms with Crippen LogP contribution in [0.5, 0.6) is 0 Å². The van der Waals surface area contributed by atoms with Gasteiger partial charge in [0.25, 0.3) is 0 Å². The smallest absolute Gasteiger partial charge is 0.229 e. The van der Waals surface area contributed by atoms with E-state index in [1.54, 1.807) is 0 Å². The highest BCUT2D eigenvalue weighted by Crippen LogP contribution is 2.20. The van der Waals surface area contributed by atoms with E-state index in [1.807, 2.05) is 26.0 Å². The molecule has 0 aliphatic carbocycles. The highest BCUT2D eigenvalue weighted by Gasteiger charge is 2.20. The van der Waals surface area contributed by atoms with Crippen molar-refractivity contribution < 1.29 is 0 Å². The van der Waals surface area contributed by atoms with Gasteiger partial charge in [-0.3, -0.25) is 5.32 Å². The fourth-order valence-electron chi connectivity index (χ4n) is 3.80. The third kappa shape index (κ3) is 5.29. The molecule has 3 aromatic rings. The third-order valence-corrected chi connectivity index (χ3v) is 5.80. The molecule has 0 amide bonds. The van der Waals surface area contributed by atoms with Crippen LogP contribution in [0.2, 0.25) is 0 Å². The highest BCUT2D eigenvalue weighted by molar-refractivity contribution is 7.80. The molecule has 0 spiro atoms. The van der Waals surface area contributed by atoms with E-state index in [0.29, 0.717) is 17.0 Å². The average molecular weight is 445 g/mol. The normalized spacial score (nSPS) is 13.5. The lowest BCUT2D eigenvalue weighted by Crippen LogP contribution is -2.41. The average Bonchev–Trinajstić information content (AvgIpc) is 2.75. The van der Waals surface area contributed by atoms with Gasteiger partial charge in [0.1, 0.15) is 0 Å². The molecule has 0 bridgehead atoms. The van der Waals surface area contributed by atoms with Gasteiger partial charge >= 0.3 is 0 Å². The lowest BCUT2D eigenvalue weighted by molar-refractivity contribution is 0.393. The molecular formula is C25H28N6S. The second kappa shape index (κ2) is 9.44. The molecule has 4 rings (SSSR count). The fraction of sp³-hybridized carbons (Fsp3) is 0.280. The Balaban J connectivity index is 1.61. The van der Waals surface area contributed by atoms with E-state index in [9.17, 15) is 0 Å². The van der Waals surface area contributed by atoms with Crippen molar-refractivity contribution >= 4 is 34.9 Å². The number of anilines is 2. The van der Waals surface area contributed by atoms with E-state index in [2.05, 4.69) is 75.7 Å². The minimum atomic E-state index is 0.388. The van der Waals surface area contributed by atoms with Gasteiger partial charge < -0.3 is 10.2 Å². The number of aryl methyl sites for hydroxylation is 4. The first kappa shape index (κ1) is 21.9. The molecule has 164 valence electrons. The summed E-state index contributed by atoms with van der Waals surface area (Å²) < 4.78 is 0. The summed E-state index contributed by atoms with van der Waals surface area (Å²) in [6.45, 7) is 9.68. The standard InChI is InChI=1S/C25H28N6S/c1-16-9-10-22(13-17(16)2)28-25(32)30-24(29-23-26-18(3)14-19(4)27-23)31-12-11-20-7-5-6-8-21(20)15-31/h5-10,13-14H,11-12,15H2,1-4H3,(H2,26,27,28,29,30,32). The molecule has 0 radical (unpaired) electrons. The maximum atomic E-state index is 5.60. The van der Waals surface area contributed by atoms with Crippen molar-refractivity contribution in [3.05, 3.63) is 82.2 Å². The lowest BCUT2D eigenvalue weighted by Gasteiger charge is -2.31. The minimum absolute atomic E-state index is 0.388. The Morgan fingerprint density at radius 1 is 0.906 bits per heavy atom. The van der Waals surface area contributed by atoms with E-state index >= 15 is 0 Å². The van der Waals surface area contributed by atoms with Crippen molar-refractivity contribution in [2.45, 2.75) is 40.7 Å². The minimum Gasteiger partial charge on any atom is -0.338 e. The molecule has 1 aromatic heterocycles. The Hall–Kier alpha value is -3.32. The van der Waals surface area contributed by atoms with Crippen molar-refractivity contribution in [2.75, 3.05) is 17.2 Å². The second-order valence-electron chi connectivity index (χ2n) is 8.20. The van der Waals surface area contributed by atoms with Crippen LogP contribution in [-0.2, 0) is 13.0 Å². The van der Waals surface area contributed by atoms with Crippen LogP contribution >= 0.6 is 12.2 Å². The Morgan fingerprint density at radius 2 is 1.62 bits per heavy atom. The topological polar surface area (TPSA) is 65.4 Å². The number of rotatable bonds is 2. The molecule has 6 nitrogen and oxygen atoms in total. The SMILES string of the molecule is Cc1cc(C)nc(N/C(=N/C(=S)Nc2ccc(C)c(C)c2)N2CCc3ccccc3C2)n1. The number of nitrogens with zero attached hydrogens (tertiary/aromatic N) is 4. The molecule has 0 saturated heterocycles. The summed E-state index contributed by atoms with van der Waals surface area (Å²) in [5, 5.41) is 6.96. The summed E-state index contributed by atoms with van der Waals surface area (Å²) >= 11 is 5.60. The van der Waals surface area contributed by atoms with Gasteiger partial charge in [0.2, 0.25) is 17.0 Å². The predicted octanol–water partition coefficient (Wildman–Crippen LogP) is 4.93. The van der Waals surface area contributed by atoms with Gasteiger partial charge in [-0.25, -0.2) is 9.97 Å². The summed E-state index contributed by atoms with van der Waals surface area (Å²) in [7, 11) is 0. The van der Waals surface area contributed by atoms with E-state index < -0.39 is 0 Å². The molecule has 32 heavy (non-hydrogen) atoms. The Labute approximate surface area is 194 Å². The van der Waals surface area contributed by atoms with Crippen LogP contribution < -0.4 is 10.6 Å². The number of benzene rings is 2. The zero-order valence-electron chi connectivity index (χ0n) is 18.9. The Morgan fingerprint density at radius 3 is 2.34 bits per heavy atom. The first-order chi connectivity index (χ1) is 15.4. The number of aromatic nitrogens is 2.